The van der Waals surface area contributed by atoms with Crippen LogP contribution in [-0.4, -0.2) is 12.6 Å². The average Bonchev–Trinajstić information content (AvgIpc) is 2.28. The van der Waals surface area contributed by atoms with E-state index in [1.165, 1.54) is 12.1 Å². The Morgan fingerprint density at radius 1 is 1.18 bits per heavy atom. The molecule has 1 N–H and O–H groups in total. The summed E-state index contributed by atoms with van der Waals surface area (Å²) in [5.41, 5.74) is 0.839. The number of hydrogen-bond donors (Lipinski definition) is 1. The molecule has 1 unspecified atom stereocenters. The van der Waals surface area contributed by atoms with Gasteiger partial charge in [0.15, 0.2) is 11.6 Å². The minimum atomic E-state index is -0.781. The molecule has 1 nitrogen and oxygen atoms in total. The van der Waals surface area contributed by atoms with Crippen LogP contribution in [0.5, 0.6) is 0 Å². The van der Waals surface area contributed by atoms with Gasteiger partial charge in [0.2, 0.25) is 0 Å². The summed E-state index contributed by atoms with van der Waals surface area (Å²) >= 11 is 0. The average molecular weight is 241 g/mol. The molecule has 0 radical (unpaired) electrons. The fraction of sp³-hybridized carbons (Fsp3) is 0.571. The van der Waals surface area contributed by atoms with E-state index in [0.717, 1.165) is 24.9 Å². The molecule has 0 bridgehead atoms. The molecule has 96 valence electrons. The number of rotatable bonds is 6. The lowest BCUT2D eigenvalue weighted by molar-refractivity contribution is 0.396. The summed E-state index contributed by atoms with van der Waals surface area (Å²) in [5, 5.41) is 3.44. The second-order valence-corrected chi connectivity index (χ2v) is 4.76. The highest BCUT2D eigenvalue weighted by molar-refractivity contribution is 5.19. The van der Waals surface area contributed by atoms with Crippen molar-refractivity contribution in [3.05, 3.63) is 35.4 Å². The molecule has 0 spiro atoms. The zero-order chi connectivity index (χ0) is 12.8. The number of hydrogen-bond acceptors (Lipinski definition) is 1. The van der Waals surface area contributed by atoms with Crippen molar-refractivity contribution < 1.29 is 8.78 Å². The van der Waals surface area contributed by atoms with Crippen LogP contribution < -0.4 is 5.32 Å². The van der Waals surface area contributed by atoms with Crippen LogP contribution in [0.25, 0.3) is 0 Å². The first-order chi connectivity index (χ1) is 8.04. The molecule has 1 aromatic carbocycles. The van der Waals surface area contributed by atoms with Crippen LogP contribution in [0.3, 0.4) is 0 Å². The predicted molar refractivity (Wildman–Crippen MR) is 67.0 cm³/mol. The highest BCUT2D eigenvalue weighted by atomic mass is 19.2. The lowest BCUT2D eigenvalue weighted by Gasteiger charge is -2.22. The first kappa shape index (κ1) is 14.1. The quantitative estimate of drug-likeness (QED) is 0.803. The van der Waals surface area contributed by atoms with Crippen LogP contribution in [0.1, 0.15) is 32.8 Å². The minimum absolute atomic E-state index is 0.305. The van der Waals surface area contributed by atoms with Gasteiger partial charge < -0.3 is 5.32 Å². The maximum Gasteiger partial charge on any atom is 0.159 e. The van der Waals surface area contributed by atoms with Gasteiger partial charge in [0, 0.05) is 6.04 Å². The molecule has 0 saturated carbocycles. The Hall–Kier alpha value is -0.960. The Labute approximate surface area is 102 Å². The highest BCUT2D eigenvalue weighted by Gasteiger charge is 2.14. The molecular weight excluding hydrogens is 220 g/mol. The van der Waals surface area contributed by atoms with E-state index in [0.29, 0.717) is 12.0 Å². The predicted octanol–water partition coefficient (Wildman–Crippen LogP) is 3.53. The smallest absolute Gasteiger partial charge is 0.159 e. The van der Waals surface area contributed by atoms with Crippen molar-refractivity contribution in [3.8, 4) is 0 Å². The van der Waals surface area contributed by atoms with Crippen molar-refractivity contribution in [1.29, 1.82) is 0 Å². The zero-order valence-corrected chi connectivity index (χ0v) is 10.8. The van der Waals surface area contributed by atoms with Gasteiger partial charge in [-0.05, 0) is 43.0 Å². The van der Waals surface area contributed by atoms with Gasteiger partial charge in [0.05, 0.1) is 0 Å². The Balaban J connectivity index is 2.68. The van der Waals surface area contributed by atoms with Gasteiger partial charge in [-0.25, -0.2) is 8.78 Å². The van der Waals surface area contributed by atoms with Crippen LogP contribution in [-0.2, 0) is 6.42 Å². The molecule has 17 heavy (non-hydrogen) atoms. The topological polar surface area (TPSA) is 12.0 Å². The van der Waals surface area contributed by atoms with Gasteiger partial charge in [-0.1, -0.05) is 26.8 Å². The highest BCUT2D eigenvalue weighted by Crippen LogP contribution is 2.14. The lowest BCUT2D eigenvalue weighted by atomic mass is 9.96. The van der Waals surface area contributed by atoms with E-state index in [4.69, 9.17) is 0 Å². The monoisotopic (exact) mass is 241 g/mol. The van der Waals surface area contributed by atoms with Crippen LogP contribution in [0.4, 0.5) is 8.78 Å². The third-order valence-electron chi connectivity index (χ3n) is 2.90. The summed E-state index contributed by atoms with van der Waals surface area (Å²) in [6, 6.07) is 4.45. The van der Waals surface area contributed by atoms with Gasteiger partial charge in [0.25, 0.3) is 0 Å². The molecule has 0 aromatic heterocycles. The lowest BCUT2D eigenvalue weighted by Crippen LogP contribution is -2.36. The van der Waals surface area contributed by atoms with Crippen LogP contribution in [0.15, 0.2) is 18.2 Å². The molecule has 0 aliphatic rings. The number of benzene rings is 1. The number of halogens is 2. The Morgan fingerprint density at radius 2 is 1.88 bits per heavy atom. The molecule has 0 heterocycles. The first-order valence-electron chi connectivity index (χ1n) is 6.22. The van der Waals surface area contributed by atoms with Crippen LogP contribution in [0, 0.1) is 17.6 Å². The van der Waals surface area contributed by atoms with Crippen molar-refractivity contribution in [1.82, 2.24) is 5.32 Å². The largest absolute Gasteiger partial charge is 0.313 e. The minimum Gasteiger partial charge on any atom is -0.313 e. The van der Waals surface area contributed by atoms with Crippen LogP contribution >= 0.6 is 0 Å². The molecule has 0 aliphatic heterocycles. The van der Waals surface area contributed by atoms with Gasteiger partial charge in [0.1, 0.15) is 0 Å². The summed E-state index contributed by atoms with van der Waals surface area (Å²) in [7, 11) is 0. The normalized spacial score (nSPS) is 13.1. The zero-order valence-electron chi connectivity index (χ0n) is 10.8. The van der Waals surface area contributed by atoms with E-state index in [1.807, 2.05) is 0 Å². The maximum absolute atomic E-state index is 13.1. The summed E-state index contributed by atoms with van der Waals surface area (Å²) in [5.74, 6) is -1.08. The second kappa shape index (κ2) is 6.70. The molecule has 3 heteroatoms. The summed E-state index contributed by atoms with van der Waals surface area (Å²) < 4.78 is 25.9. The van der Waals surface area contributed by atoms with Gasteiger partial charge in [-0.15, -0.1) is 0 Å². The van der Waals surface area contributed by atoms with Gasteiger partial charge in [-0.3, -0.25) is 0 Å². The third kappa shape index (κ3) is 4.43. The molecule has 0 saturated heterocycles. The maximum atomic E-state index is 13.1. The molecule has 1 rings (SSSR count). The van der Waals surface area contributed by atoms with Crippen molar-refractivity contribution in [2.45, 2.75) is 39.7 Å². The molecule has 1 aromatic rings. The summed E-state index contributed by atoms with van der Waals surface area (Å²) in [6.45, 7) is 7.33. The van der Waals surface area contributed by atoms with Crippen molar-refractivity contribution in [3.63, 3.8) is 0 Å². The fourth-order valence-electron chi connectivity index (χ4n) is 1.79. The van der Waals surface area contributed by atoms with Gasteiger partial charge >= 0.3 is 0 Å². The van der Waals surface area contributed by atoms with E-state index in [-0.39, 0.29) is 0 Å². The Morgan fingerprint density at radius 3 is 2.41 bits per heavy atom. The van der Waals surface area contributed by atoms with Crippen LogP contribution in [0.2, 0.25) is 0 Å². The van der Waals surface area contributed by atoms with Crippen molar-refractivity contribution in [2.75, 3.05) is 6.54 Å². The van der Waals surface area contributed by atoms with Gasteiger partial charge in [-0.2, -0.15) is 0 Å². The first-order valence-corrected chi connectivity index (χ1v) is 6.22. The van der Waals surface area contributed by atoms with E-state index < -0.39 is 11.6 Å². The standard InChI is InChI=1S/C14H21F2N/c1-4-7-17-14(10(2)3)9-11-5-6-12(15)13(16)8-11/h5-6,8,10,14,17H,4,7,9H2,1-3H3. The molecule has 0 fully saturated rings. The Kier molecular flexibility index (Phi) is 5.56. The van der Waals surface area contributed by atoms with E-state index >= 15 is 0 Å². The van der Waals surface area contributed by atoms with E-state index in [1.54, 1.807) is 6.07 Å². The fourth-order valence-corrected chi connectivity index (χ4v) is 1.79. The van der Waals surface area contributed by atoms with E-state index in [9.17, 15) is 8.78 Å². The van der Waals surface area contributed by atoms with Crippen molar-refractivity contribution >= 4 is 0 Å². The number of nitrogens with one attached hydrogen (secondary N) is 1. The summed E-state index contributed by atoms with van der Waals surface area (Å²) in [4.78, 5) is 0. The molecule has 1 atom stereocenters. The van der Waals surface area contributed by atoms with Crippen molar-refractivity contribution in [2.24, 2.45) is 5.92 Å². The molecule has 0 amide bonds. The van der Waals surface area contributed by atoms with E-state index in [2.05, 4.69) is 26.1 Å². The second-order valence-electron chi connectivity index (χ2n) is 4.76. The Bertz CT molecular complexity index is 350. The SMILES string of the molecule is CCCNC(Cc1ccc(F)c(F)c1)C(C)C. The molecular formula is C14H21F2N. The molecule has 0 aliphatic carbocycles. The summed E-state index contributed by atoms with van der Waals surface area (Å²) in [6.07, 6.45) is 1.80. The third-order valence-corrected chi connectivity index (χ3v) is 2.90.